The summed E-state index contributed by atoms with van der Waals surface area (Å²) < 4.78 is 19.1. The van der Waals surface area contributed by atoms with Gasteiger partial charge in [-0.15, -0.1) is 0 Å². The lowest BCUT2D eigenvalue weighted by Gasteiger charge is -2.21. The van der Waals surface area contributed by atoms with Crippen molar-refractivity contribution in [3.8, 4) is 0 Å². The highest BCUT2D eigenvalue weighted by molar-refractivity contribution is 5.87. The quantitative estimate of drug-likeness (QED) is 0.285. The van der Waals surface area contributed by atoms with E-state index >= 15 is 0 Å². The second-order valence-electron chi connectivity index (χ2n) is 6.07. The minimum Gasteiger partial charge on any atom is -0.422 e. The second-order valence-corrected chi connectivity index (χ2v) is 6.07. The van der Waals surface area contributed by atoms with E-state index in [1.165, 1.54) is 27.7 Å². The van der Waals surface area contributed by atoms with Crippen molar-refractivity contribution in [2.75, 3.05) is 0 Å². The second kappa shape index (κ2) is 11.9. The predicted molar refractivity (Wildman–Crippen MR) is 94.2 cm³/mol. The van der Waals surface area contributed by atoms with Crippen LogP contribution in [-0.2, 0) is 38.1 Å². The van der Waals surface area contributed by atoms with Crippen molar-refractivity contribution in [1.82, 2.24) is 0 Å². The topological polar surface area (TPSA) is 146 Å². The Kier molecular flexibility index (Phi) is 10.7. The first kappa shape index (κ1) is 25.3. The fraction of sp³-hybridized carbons (Fsp3) is 0.556. The molecule has 0 rings (SSSR count). The van der Waals surface area contributed by atoms with Crippen molar-refractivity contribution in [3.63, 3.8) is 0 Å². The zero-order valence-corrected chi connectivity index (χ0v) is 16.3. The van der Waals surface area contributed by atoms with Crippen LogP contribution in [0.15, 0.2) is 24.3 Å². The predicted octanol–water partition coefficient (Wildman–Crippen LogP) is 0.505. The van der Waals surface area contributed by atoms with E-state index < -0.39 is 61.5 Å². The van der Waals surface area contributed by atoms with Crippen molar-refractivity contribution in [3.05, 3.63) is 24.3 Å². The maximum atomic E-state index is 11.8. The molecule has 0 spiro atoms. The third kappa shape index (κ3) is 9.83. The van der Waals surface area contributed by atoms with E-state index in [9.17, 15) is 29.4 Å². The van der Waals surface area contributed by atoms with E-state index in [2.05, 4.69) is 13.2 Å². The number of carbonyl (C=O) groups is 4. The standard InChI is InChI=1S/C18H26O10/c1-9(2)15(23)27-17(11(5)19)25-13(21)7-8-14(22)26-18(12(6)20)28-16(24)10(3)4/h11-12,17-20H,1,3,7-8H2,2,4-6H3. The van der Waals surface area contributed by atoms with E-state index in [1.807, 2.05) is 0 Å². The summed E-state index contributed by atoms with van der Waals surface area (Å²) in [5.41, 5.74) is 0.0810. The smallest absolute Gasteiger partial charge is 0.336 e. The number of rotatable bonds is 11. The Bertz CT molecular complexity index is 566. The molecule has 0 aromatic rings. The van der Waals surface area contributed by atoms with Crippen molar-refractivity contribution >= 4 is 23.9 Å². The summed E-state index contributed by atoms with van der Waals surface area (Å²) in [5.74, 6) is -3.63. The molecule has 0 radical (unpaired) electrons. The molecule has 0 saturated heterocycles. The summed E-state index contributed by atoms with van der Waals surface area (Å²) in [6.07, 6.45) is -6.74. The number of esters is 4. The Morgan fingerprint density at radius 2 is 1.00 bits per heavy atom. The Morgan fingerprint density at radius 3 is 1.21 bits per heavy atom. The molecule has 0 saturated carbocycles. The van der Waals surface area contributed by atoms with Gasteiger partial charge < -0.3 is 29.2 Å². The highest BCUT2D eigenvalue weighted by atomic mass is 16.7. The van der Waals surface area contributed by atoms with E-state index in [4.69, 9.17) is 18.9 Å². The molecule has 0 aromatic heterocycles. The van der Waals surface area contributed by atoms with E-state index in [-0.39, 0.29) is 11.1 Å². The molecule has 0 bridgehead atoms. The summed E-state index contributed by atoms with van der Waals surface area (Å²) in [6.45, 7) is 11.9. The lowest BCUT2D eigenvalue weighted by atomic mass is 10.3. The van der Waals surface area contributed by atoms with Crippen LogP contribution in [0.25, 0.3) is 0 Å². The number of hydrogen-bond acceptors (Lipinski definition) is 10. The summed E-state index contributed by atoms with van der Waals surface area (Å²) in [7, 11) is 0. The first-order valence-electron chi connectivity index (χ1n) is 8.33. The highest BCUT2D eigenvalue weighted by Gasteiger charge is 2.27. The Balaban J connectivity index is 4.63. The largest absolute Gasteiger partial charge is 0.422 e. The van der Waals surface area contributed by atoms with Gasteiger partial charge in [-0.05, 0) is 27.7 Å². The SMILES string of the molecule is C=C(C)C(=O)OC(OC(=O)CCC(=O)OC(OC(=O)C(=C)C)C(C)O)C(C)O. The molecule has 28 heavy (non-hydrogen) atoms. The molecule has 10 heteroatoms. The number of hydrogen-bond donors (Lipinski definition) is 2. The molecule has 0 aromatic carbocycles. The number of aliphatic hydroxyl groups excluding tert-OH is 2. The van der Waals surface area contributed by atoms with Crippen LogP contribution >= 0.6 is 0 Å². The minimum absolute atomic E-state index is 0.0405. The lowest BCUT2D eigenvalue weighted by Crippen LogP contribution is -2.35. The van der Waals surface area contributed by atoms with Crippen LogP contribution in [0, 0.1) is 0 Å². The molecule has 0 heterocycles. The van der Waals surface area contributed by atoms with Gasteiger partial charge >= 0.3 is 23.9 Å². The highest BCUT2D eigenvalue weighted by Crippen LogP contribution is 2.10. The van der Waals surface area contributed by atoms with Crippen LogP contribution < -0.4 is 0 Å². The lowest BCUT2D eigenvalue weighted by molar-refractivity contribution is -0.207. The number of carbonyl (C=O) groups excluding carboxylic acids is 4. The van der Waals surface area contributed by atoms with Crippen LogP contribution in [-0.4, -0.2) is 58.9 Å². The maximum Gasteiger partial charge on any atom is 0.336 e. The molecule has 2 N–H and O–H groups in total. The van der Waals surface area contributed by atoms with Crippen LogP contribution in [0.2, 0.25) is 0 Å². The van der Waals surface area contributed by atoms with Crippen LogP contribution in [0.5, 0.6) is 0 Å². The van der Waals surface area contributed by atoms with Gasteiger partial charge in [0.05, 0.1) is 12.8 Å². The molecular weight excluding hydrogens is 376 g/mol. The van der Waals surface area contributed by atoms with E-state index in [0.717, 1.165) is 0 Å². The zero-order valence-electron chi connectivity index (χ0n) is 16.3. The van der Waals surface area contributed by atoms with Gasteiger partial charge in [0.2, 0.25) is 0 Å². The third-order valence-corrected chi connectivity index (χ3v) is 2.96. The Hall–Kier alpha value is -2.72. The van der Waals surface area contributed by atoms with Gasteiger partial charge in [-0.3, -0.25) is 9.59 Å². The molecule has 0 amide bonds. The average Bonchev–Trinajstić information content (AvgIpc) is 2.57. The number of aliphatic hydroxyl groups is 2. The van der Waals surface area contributed by atoms with Crippen molar-refractivity contribution < 1.29 is 48.3 Å². The Labute approximate surface area is 162 Å². The molecule has 4 atom stereocenters. The molecular formula is C18H26O10. The molecule has 0 aliphatic carbocycles. The fourth-order valence-electron chi connectivity index (χ4n) is 1.44. The molecule has 158 valence electrons. The van der Waals surface area contributed by atoms with Gasteiger partial charge in [-0.1, -0.05) is 13.2 Å². The molecule has 0 aliphatic rings. The summed E-state index contributed by atoms with van der Waals surface area (Å²) in [6, 6.07) is 0. The summed E-state index contributed by atoms with van der Waals surface area (Å²) >= 11 is 0. The fourth-order valence-corrected chi connectivity index (χ4v) is 1.44. The van der Waals surface area contributed by atoms with Gasteiger partial charge in [0, 0.05) is 11.1 Å². The maximum absolute atomic E-state index is 11.8. The van der Waals surface area contributed by atoms with Crippen LogP contribution in [0.1, 0.15) is 40.5 Å². The van der Waals surface area contributed by atoms with Gasteiger partial charge in [-0.2, -0.15) is 0 Å². The van der Waals surface area contributed by atoms with Gasteiger partial charge in [0.25, 0.3) is 12.6 Å². The zero-order chi connectivity index (χ0) is 22.0. The van der Waals surface area contributed by atoms with E-state index in [1.54, 1.807) is 0 Å². The first-order valence-corrected chi connectivity index (χ1v) is 8.33. The Morgan fingerprint density at radius 1 is 0.714 bits per heavy atom. The summed E-state index contributed by atoms with van der Waals surface area (Å²) in [5, 5.41) is 19.0. The molecule has 0 fully saturated rings. The molecule has 10 nitrogen and oxygen atoms in total. The van der Waals surface area contributed by atoms with Gasteiger partial charge in [0.15, 0.2) is 0 Å². The third-order valence-electron chi connectivity index (χ3n) is 2.96. The van der Waals surface area contributed by atoms with Gasteiger partial charge in [-0.25, -0.2) is 9.59 Å². The average molecular weight is 402 g/mol. The van der Waals surface area contributed by atoms with Crippen molar-refractivity contribution in [2.45, 2.75) is 65.3 Å². The van der Waals surface area contributed by atoms with Crippen LogP contribution in [0.4, 0.5) is 0 Å². The first-order chi connectivity index (χ1) is 12.8. The summed E-state index contributed by atoms with van der Waals surface area (Å²) in [4.78, 5) is 46.5. The van der Waals surface area contributed by atoms with Crippen molar-refractivity contribution in [1.29, 1.82) is 0 Å². The van der Waals surface area contributed by atoms with Gasteiger partial charge in [0.1, 0.15) is 12.2 Å². The van der Waals surface area contributed by atoms with Crippen LogP contribution in [0.3, 0.4) is 0 Å². The molecule has 4 unspecified atom stereocenters. The normalized spacial score (nSPS) is 14.6. The monoisotopic (exact) mass is 402 g/mol. The van der Waals surface area contributed by atoms with E-state index in [0.29, 0.717) is 0 Å². The van der Waals surface area contributed by atoms with Crippen molar-refractivity contribution in [2.24, 2.45) is 0 Å². The molecule has 0 aliphatic heterocycles. The number of ether oxygens (including phenoxy) is 4. The minimum atomic E-state index is -1.57.